The Morgan fingerprint density at radius 3 is 2.62 bits per heavy atom. The molecule has 9 heteroatoms. The van der Waals surface area contributed by atoms with E-state index in [-0.39, 0.29) is 48.3 Å². The van der Waals surface area contributed by atoms with E-state index in [9.17, 15) is 18.4 Å². The molecule has 1 N–H and O–H groups in total. The van der Waals surface area contributed by atoms with Crippen molar-refractivity contribution in [2.45, 2.75) is 37.4 Å². The average molecular weight is 448 g/mol. The molecule has 0 aromatic heterocycles. The summed E-state index contributed by atoms with van der Waals surface area (Å²) >= 11 is 0. The Morgan fingerprint density at radius 2 is 1.97 bits per heavy atom. The van der Waals surface area contributed by atoms with Crippen LogP contribution in [0, 0.1) is 17.5 Å². The van der Waals surface area contributed by atoms with Gasteiger partial charge in [0.05, 0.1) is 25.3 Å². The lowest BCUT2D eigenvalue weighted by Gasteiger charge is -2.40. The summed E-state index contributed by atoms with van der Waals surface area (Å²) in [5.41, 5.74) is -0.569. The normalized spacial score (nSPS) is 25.2. The Balaban J connectivity index is 1.74. The second-order valence-corrected chi connectivity index (χ2v) is 8.28. The maximum Gasteiger partial charge on any atom is 0.410 e. The second-order valence-electron chi connectivity index (χ2n) is 8.28. The standard InChI is InChI=1S/C23H23F3N2O4/c1-13-10-23(12-32-11-20(29)27-23)19(28(13)22(30)31-2)8-14-4-3-5-18(21(14)26)15-6-16(24)9-17(25)7-15/h3-7,9,13,19H,8,10-12H2,1-2H3,(H,27,29). The summed E-state index contributed by atoms with van der Waals surface area (Å²) in [6.07, 6.45) is -0.141. The maximum atomic E-state index is 15.5. The van der Waals surface area contributed by atoms with Crippen LogP contribution in [-0.4, -0.2) is 54.8 Å². The van der Waals surface area contributed by atoms with Gasteiger partial charge >= 0.3 is 6.09 Å². The number of nitrogens with zero attached hydrogens (tertiary/aromatic N) is 1. The van der Waals surface area contributed by atoms with Crippen molar-refractivity contribution in [1.29, 1.82) is 0 Å². The smallest absolute Gasteiger partial charge is 0.410 e. The Labute approximate surface area is 183 Å². The molecule has 2 aromatic rings. The van der Waals surface area contributed by atoms with Crippen LogP contribution in [0.3, 0.4) is 0 Å². The largest absolute Gasteiger partial charge is 0.453 e. The van der Waals surface area contributed by atoms with E-state index in [0.717, 1.165) is 18.2 Å². The van der Waals surface area contributed by atoms with Crippen LogP contribution in [0.4, 0.5) is 18.0 Å². The number of carbonyl (C=O) groups excluding carboxylic acids is 2. The summed E-state index contributed by atoms with van der Waals surface area (Å²) in [5.74, 6) is -2.59. The molecule has 4 rings (SSSR count). The number of amides is 2. The molecule has 2 aliphatic heterocycles. The Hall–Kier alpha value is -3.07. The molecule has 2 heterocycles. The first-order chi connectivity index (χ1) is 15.2. The molecule has 3 unspecified atom stereocenters. The van der Waals surface area contributed by atoms with Crippen molar-refractivity contribution >= 4 is 12.0 Å². The first-order valence-corrected chi connectivity index (χ1v) is 10.2. The highest BCUT2D eigenvalue weighted by Crippen LogP contribution is 2.38. The fraction of sp³-hybridized carbons (Fsp3) is 0.391. The van der Waals surface area contributed by atoms with Crippen molar-refractivity contribution in [1.82, 2.24) is 10.2 Å². The fourth-order valence-electron chi connectivity index (χ4n) is 4.88. The number of ether oxygens (including phenoxy) is 2. The van der Waals surface area contributed by atoms with E-state index < -0.39 is 35.1 Å². The van der Waals surface area contributed by atoms with E-state index in [2.05, 4.69) is 5.32 Å². The van der Waals surface area contributed by atoms with Gasteiger partial charge in [0.15, 0.2) is 0 Å². The lowest BCUT2D eigenvalue weighted by Crippen LogP contribution is -2.64. The van der Waals surface area contributed by atoms with Gasteiger partial charge in [-0.15, -0.1) is 0 Å². The average Bonchev–Trinajstić information content (AvgIpc) is 2.98. The Kier molecular flexibility index (Phi) is 5.85. The molecule has 2 amide bonds. The highest BCUT2D eigenvalue weighted by molar-refractivity contribution is 5.79. The topological polar surface area (TPSA) is 67.9 Å². The number of hydrogen-bond acceptors (Lipinski definition) is 4. The lowest BCUT2D eigenvalue weighted by atomic mass is 9.84. The van der Waals surface area contributed by atoms with Gasteiger partial charge in [-0.2, -0.15) is 0 Å². The van der Waals surface area contributed by atoms with E-state index >= 15 is 4.39 Å². The van der Waals surface area contributed by atoms with Gasteiger partial charge in [0.2, 0.25) is 5.91 Å². The van der Waals surface area contributed by atoms with Crippen LogP contribution in [0.1, 0.15) is 18.9 Å². The van der Waals surface area contributed by atoms with Crippen LogP contribution in [0.15, 0.2) is 36.4 Å². The van der Waals surface area contributed by atoms with Crippen LogP contribution in [0.25, 0.3) is 11.1 Å². The van der Waals surface area contributed by atoms with Gasteiger partial charge in [0, 0.05) is 17.7 Å². The van der Waals surface area contributed by atoms with Crippen LogP contribution in [-0.2, 0) is 20.7 Å². The molecular formula is C23H23F3N2O4. The predicted octanol–water partition coefficient (Wildman–Crippen LogP) is 3.43. The van der Waals surface area contributed by atoms with Crippen LogP contribution >= 0.6 is 0 Å². The number of methoxy groups -OCH3 is 1. The molecule has 32 heavy (non-hydrogen) atoms. The minimum atomic E-state index is -0.906. The van der Waals surface area contributed by atoms with Gasteiger partial charge in [-0.25, -0.2) is 18.0 Å². The van der Waals surface area contributed by atoms with Crippen LogP contribution in [0.5, 0.6) is 0 Å². The molecule has 2 aliphatic rings. The van der Waals surface area contributed by atoms with Crippen molar-refractivity contribution in [3.63, 3.8) is 0 Å². The van der Waals surface area contributed by atoms with Crippen molar-refractivity contribution < 1.29 is 32.2 Å². The van der Waals surface area contributed by atoms with E-state index in [4.69, 9.17) is 9.47 Å². The minimum Gasteiger partial charge on any atom is -0.453 e. The summed E-state index contributed by atoms with van der Waals surface area (Å²) in [6, 6.07) is 6.45. The monoisotopic (exact) mass is 448 g/mol. The zero-order valence-electron chi connectivity index (χ0n) is 17.7. The van der Waals surface area contributed by atoms with Gasteiger partial charge in [-0.3, -0.25) is 9.69 Å². The van der Waals surface area contributed by atoms with Crippen molar-refractivity contribution in [2.24, 2.45) is 0 Å². The zero-order chi connectivity index (χ0) is 23.0. The number of rotatable bonds is 3. The highest BCUT2D eigenvalue weighted by Gasteiger charge is 2.55. The molecule has 6 nitrogen and oxygen atoms in total. The fourth-order valence-corrected chi connectivity index (χ4v) is 4.88. The Morgan fingerprint density at radius 1 is 1.25 bits per heavy atom. The quantitative estimate of drug-likeness (QED) is 0.782. The number of halogens is 3. The van der Waals surface area contributed by atoms with E-state index in [1.807, 2.05) is 6.92 Å². The number of hydrogen-bond donors (Lipinski definition) is 1. The van der Waals surface area contributed by atoms with Crippen molar-refractivity contribution in [3.05, 3.63) is 59.4 Å². The predicted molar refractivity (Wildman–Crippen MR) is 109 cm³/mol. The number of likely N-dealkylation sites (tertiary alicyclic amines) is 1. The van der Waals surface area contributed by atoms with E-state index in [1.54, 1.807) is 12.1 Å². The Bertz CT molecular complexity index is 1040. The molecule has 0 aliphatic carbocycles. The minimum absolute atomic E-state index is 0.0366. The van der Waals surface area contributed by atoms with Crippen LogP contribution < -0.4 is 5.32 Å². The summed E-state index contributed by atoms with van der Waals surface area (Å²) < 4.78 is 53.3. The van der Waals surface area contributed by atoms with Gasteiger partial charge in [-0.1, -0.05) is 18.2 Å². The molecule has 2 saturated heterocycles. The first-order valence-electron chi connectivity index (χ1n) is 10.2. The number of morpholine rings is 1. The van der Waals surface area contributed by atoms with Crippen LogP contribution in [0.2, 0.25) is 0 Å². The summed E-state index contributed by atoms with van der Waals surface area (Å²) in [5, 5.41) is 2.95. The van der Waals surface area contributed by atoms with Crippen molar-refractivity contribution in [2.75, 3.05) is 20.3 Å². The van der Waals surface area contributed by atoms with Crippen molar-refractivity contribution in [3.8, 4) is 11.1 Å². The molecule has 2 aromatic carbocycles. The molecule has 170 valence electrons. The van der Waals surface area contributed by atoms with Gasteiger partial charge in [0.25, 0.3) is 0 Å². The number of nitrogens with one attached hydrogen (secondary N) is 1. The number of benzene rings is 2. The third kappa shape index (κ3) is 3.92. The molecule has 2 fully saturated rings. The lowest BCUT2D eigenvalue weighted by molar-refractivity contribution is -0.136. The first kappa shape index (κ1) is 22.1. The van der Waals surface area contributed by atoms with E-state index in [0.29, 0.717) is 6.42 Å². The molecule has 0 bridgehead atoms. The summed E-state index contributed by atoms with van der Waals surface area (Å²) in [7, 11) is 1.26. The van der Waals surface area contributed by atoms with E-state index in [1.165, 1.54) is 18.1 Å². The highest BCUT2D eigenvalue weighted by atomic mass is 19.1. The summed E-state index contributed by atoms with van der Waals surface area (Å²) in [6.45, 7) is 1.90. The van der Waals surface area contributed by atoms with Gasteiger partial charge in [0.1, 0.15) is 24.1 Å². The molecular weight excluding hydrogens is 425 g/mol. The number of carbonyl (C=O) groups is 2. The third-order valence-corrected chi connectivity index (χ3v) is 6.14. The third-order valence-electron chi connectivity index (χ3n) is 6.14. The second kappa shape index (κ2) is 8.46. The molecule has 0 radical (unpaired) electrons. The molecule has 3 atom stereocenters. The van der Waals surface area contributed by atoms with Gasteiger partial charge in [-0.05, 0) is 43.0 Å². The molecule has 1 spiro atoms. The van der Waals surface area contributed by atoms with Gasteiger partial charge < -0.3 is 14.8 Å². The molecule has 0 saturated carbocycles. The summed E-state index contributed by atoms with van der Waals surface area (Å²) in [4.78, 5) is 26.2. The zero-order valence-corrected chi connectivity index (χ0v) is 17.7. The SMILES string of the molecule is COC(=O)N1C(C)CC2(COCC(=O)N2)C1Cc1cccc(-c2cc(F)cc(F)c2)c1F. The maximum absolute atomic E-state index is 15.5.